The Bertz CT molecular complexity index is 725. The maximum absolute atomic E-state index is 13.0. The summed E-state index contributed by atoms with van der Waals surface area (Å²) in [5, 5.41) is 21.6. The van der Waals surface area contributed by atoms with Gasteiger partial charge in [0.05, 0.1) is 0 Å². The van der Waals surface area contributed by atoms with Gasteiger partial charge in [-0.2, -0.15) is 10.2 Å². The Kier molecular flexibility index (Phi) is 9.12. The van der Waals surface area contributed by atoms with Crippen molar-refractivity contribution in [3.8, 4) is 6.07 Å². The van der Waals surface area contributed by atoms with Crippen LogP contribution >= 0.6 is 0 Å². The number of anilines is 1. The molecule has 1 aromatic rings. The van der Waals surface area contributed by atoms with Crippen LogP contribution in [0, 0.1) is 17.2 Å². The highest BCUT2D eigenvalue weighted by Crippen LogP contribution is 2.16. The summed E-state index contributed by atoms with van der Waals surface area (Å²) in [4.78, 5) is 33.3. The van der Waals surface area contributed by atoms with E-state index in [2.05, 4.69) is 20.7 Å². The largest absolute Gasteiger partial charge is 0.465 e. The van der Waals surface area contributed by atoms with Gasteiger partial charge in [0.15, 0.2) is 5.82 Å². The summed E-state index contributed by atoms with van der Waals surface area (Å²) in [6.45, 7) is 11.2. The smallest absolute Gasteiger partial charge is 0.404 e. The topological polar surface area (TPSA) is 134 Å². The molecule has 0 atom stereocenters. The summed E-state index contributed by atoms with van der Waals surface area (Å²) in [5.74, 6) is 0.711. The maximum atomic E-state index is 13.0. The van der Waals surface area contributed by atoms with Crippen LogP contribution in [0.1, 0.15) is 53.3 Å². The molecule has 10 heteroatoms. The molecule has 0 aliphatic carbocycles. The fraction of sp³-hybridized carbons (Fsp3) is 0.632. The van der Waals surface area contributed by atoms with Crippen LogP contribution in [0.2, 0.25) is 0 Å². The fourth-order valence-electron chi connectivity index (χ4n) is 2.62. The third kappa shape index (κ3) is 8.64. The van der Waals surface area contributed by atoms with E-state index >= 15 is 0 Å². The highest BCUT2D eigenvalue weighted by molar-refractivity contribution is 5.76. The molecule has 160 valence electrons. The van der Waals surface area contributed by atoms with Gasteiger partial charge in [0, 0.05) is 37.4 Å². The third-order valence-corrected chi connectivity index (χ3v) is 3.94. The van der Waals surface area contributed by atoms with Gasteiger partial charge in [0.25, 0.3) is 0 Å². The molecular formula is C19H31N7O3. The Morgan fingerprint density at radius 1 is 1.31 bits per heavy atom. The molecule has 0 aliphatic heterocycles. The molecule has 0 radical (unpaired) electrons. The zero-order valence-corrected chi connectivity index (χ0v) is 17.8. The molecule has 0 unspecified atom stereocenters. The molecule has 3 N–H and O–H groups in total. The molecule has 0 saturated carbocycles. The van der Waals surface area contributed by atoms with Crippen LogP contribution in [-0.4, -0.2) is 57.3 Å². The fourth-order valence-corrected chi connectivity index (χ4v) is 2.62. The molecule has 0 aromatic carbocycles. The number of unbranched alkanes of at least 4 members (excludes halogenated alkanes) is 1. The Morgan fingerprint density at radius 2 is 2.00 bits per heavy atom. The average molecular weight is 406 g/mol. The second-order valence-corrected chi connectivity index (χ2v) is 8.03. The number of hydrogen-bond acceptors (Lipinski definition) is 6. The van der Waals surface area contributed by atoms with Crippen molar-refractivity contribution in [1.29, 1.82) is 5.26 Å². The molecule has 29 heavy (non-hydrogen) atoms. The van der Waals surface area contributed by atoms with Crippen LogP contribution in [0.25, 0.3) is 0 Å². The van der Waals surface area contributed by atoms with E-state index in [1.165, 1.54) is 6.20 Å². The van der Waals surface area contributed by atoms with E-state index in [0.717, 1.165) is 0 Å². The minimum atomic E-state index is -1.05. The van der Waals surface area contributed by atoms with Crippen LogP contribution in [0.15, 0.2) is 12.3 Å². The lowest BCUT2D eigenvalue weighted by molar-refractivity contribution is 0.141. The molecule has 10 nitrogen and oxygen atoms in total. The van der Waals surface area contributed by atoms with Gasteiger partial charge in [0.2, 0.25) is 5.82 Å². The van der Waals surface area contributed by atoms with Crippen molar-refractivity contribution in [1.82, 2.24) is 25.6 Å². The molecule has 1 rings (SSSR count). The number of carbonyl (C=O) groups excluding carboxylic acids is 1. The first-order valence-electron chi connectivity index (χ1n) is 9.60. The van der Waals surface area contributed by atoms with Gasteiger partial charge < -0.3 is 15.3 Å². The minimum absolute atomic E-state index is 0.0316. The lowest BCUT2D eigenvalue weighted by atomic mass is 10.1. The normalized spacial score (nSPS) is 10.9. The van der Waals surface area contributed by atoms with E-state index in [1.807, 2.05) is 40.7 Å². The Labute approximate surface area is 171 Å². The quantitative estimate of drug-likeness (QED) is 0.424. The molecule has 0 spiro atoms. The molecular weight excluding hydrogens is 374 g/mol. The van der Waals surface area contributed by atoms with Gasteiger partial charge >= 0.3 is 12.1 Å². The predicted molar refractivity (Wildman–Crippen MR) is 109 cm³/mol. The van der Waals surface area contributed by atoms with Gasteiger partial charge in [0.1, 0.15) is 6.07 Å². The highest BCUT2D eigenvalue weighted by Gasteiger charge is 2.27. The highest BCUT2D eigenvalue weighted by atomic mass is 16.4. The summed E-state index contributed by atoms with van der Waals surface area (Å²) >= 11 is 0. The zero-order valence-electron chi connectivity index (χ0n) is 17.8. The second-order valence-electron chi connectivity index (χ2n) is 8.03. The molecule has 1 heterocycles. The molecule has 0 aliphatic rings. The lowest BCUT2D eigenvalue weighted by Gasteiger charge is -2.38. The van der Waals surface area contributed by atoms with Gasteiger partial charge in [-0.3, -0.25) is 5.01 Å². The predicted octanol–water partition coefficient (Wildman–Crippen LogP) is 2.58. The van der Waals surface area contributed by atoms with E-state index in [9.17, 15) is 9.59 Å². The van der Waals surface area contributed by atoms with Crippen molar-refractivity contribution < 1.29 is 14.7 Å². The van der Waals surface area contributed by atoms with Gasteiger partial charge in [-0.05, 0) is 39.5 Å². The average Bonchev–Trinajstić information content (AvgIpc) is 2.62. The first kappa shape index (κ1) is 23.9. The number of rotatable bonds is 9. The number of amides is 3. The van der Waals surface area contributed by atoms with Crippen LogP contribution in [-0.2, 0) is 0 Å². The van der Waals surface area contributed by atoms with Crippen LogP contribution < -0.4 is 15.8 Å². The first-order valence-corrected chi connectivity index (χ1v) is 9.60. The number of urea groups is 1. The summed E-state index contributed by atoms with van der Waals surface area (Å²) in [6, 6.07) is 3.26. The van der Waals surface area contributed by atoms with E-state index in [4.69, 9.17) is 10.4 Å². The standard InChI is InChI=1S/C19H31N7O3/c1-14(2)13-26(16-8-10-21-15(12-20)23-16)24-17(27)25(19(3,4)5)11-7-6-9-22-18(28)29/h8,10,14,22H,6-7,9,11,13H2,1-5H3,(H,24,27)(H,28,29). The van der Waals surface area contributed by atoms with Crippen molar-refractivity contribution in [2.45, 2.75) is 53.0 Å². The summed E-state index contributed by atoms with van der Waals surface area (Å²) in [7, 11) is 0. The van der Waals surface area contributed by atoms with Crippen molar-refractivity contribution >= 4 is 17.9 Å². The zero-order chi connectivity index (χ0) is 22.0. The van der Waals surface area contributed by atoms with Crippen molar-refractivity contribution in [3.05, 3.63) is 18.1 Å². The lowest BCUT2D eigenvalue weighted by Crippen LogP contribution is -2.56. The second kappa shape index (κ2) is 11.0. The summed E-state index contributed by atoms with van der Waals surface area (Å²) < 4.78 is 0. The summed E-state index contributed by atoms with van der Waals surface area (Å²) in [6.07, 6.45) is 1.71. The Hall–Kier alpha value is -3.09. The SMILES string of the molecule is CC(C)CN(NC(=O)N(CCCCNC(=O)O)C(C)(C)C)c1ccnc(C#N)n1. The Morgan fingerprint density at radius 3 is 2.55 bits per heavy atom. The molecule has 3 amide bonds. The van der Waals surface area contributed by atoms with E-state index < -0.39 is 11.6 Å². The van der Waals surface area contributed by atoms with Crippen LogP contribution in [0.5, 0.6) is 0 Å². The summed E-state index contributed by atoms with van der Waals surface area (Å²) in [5.41, 5.74) is 2.46. The monoisotopic (exact) mass is 405 g/mol. The van der Waals surface area contributed by atoms with E-state index in [0.29, 0.717) is 38.3 Å². The number of hydrazine groups is 1. The van der Waals surface area contributed by atoms with Gasteiger partial charge in [-0.15, -0.1) is 0 Å². The number of carboxylic acid groups (broad SMARTS) is 1. The van der Waals surface area contributed by atoms with Gasteiger partial charge in [-0.1, -0.05) is 13.8 Å². The van der Waals surface area contributed by atoms with Crippen molar-refractivity contribution in [2.75, 3.05) is 24.6 Å². The molecule has 0 fully saturated rings. The molecule has 0 bridgehead atoms. The Balaban J connectivity index is 2.88. The number of hydrogen-bond donors (Lipinski definition) is 3. The number of nitriles is 1. The van der Waals surface area contributed by atoms with Gasteiger partial charge in [-0.25, -0.2) is 20.0 Å². The van der Waals surface area contributed by atoms with Crippen molar-refractivity contribution in [3.63, 3.8) is 0 Å². The van der Waals surface area contributed by atoms with E-state index in [-0.39, 0.29) is 17.8 Å². The minimum Gasteiger partial charge on any atom is -0.465 e. The number of nitrogens with one attached hydrogen (secondary N) is 2. The van der Waals surface area contributed by atoms with Crippen LogP contribution in [0.3, 0.4) is 0 Å². The number of aromatic nitrogens is 2. The van der Waals surface area contributed by atoms with E-state index in [1.54, 1.807) is 16.0 Å². The number of nitrogens with zero attached hydrogens (tertiary/aromatic N) is 5. The van der Waals surface area contributed by atoms with Crippen molar-refractivity contribution in [2.24, 2.45) is 5.92 Å². The molecule has 1 aromatic heterocycles. The first-order chi connectivity index (χ1) is 13.5. The molecule has 0 saturated heterocycles. The third-order valence-electron chi connectivity index (χ3n) is 3.94. The number of carbonyl (C=O) groups is 2. The van der Waals surface area contributed by atoms with Crippen LogP contribution in [0.4, 0.5) is 15.4 Å². The maximum Gasteiger partial charge on any atom is 0.404 e.